The summed E-state index contributed by atoms with van der Waals surface area (Å²) in [5, 5.41) is 7.49. The molecule has 2 aromatic rings. The van der Waals surface area contributed by atoms with Gasteiger partial charge in [-0.1, -0.05) is 18.2 Å². The van der Waals surface area contributed by atoms with E-state index in [1.807, 2.05) is 30.3 Å². The van der Waals surface area contributed by atoms with Gasteiger partial charge in [-0.15, -0.1) is 0 Å². The van der Waals surface area contributed by atoms with Gasteiger partial charge in [0.05, 0.1) is 5.69 Å². The van der Waals surface area contributed by atoms with Gasteiger partial charge in [-0.3, -0.25) is 4.90 Å². The van der Waals surface area contributed by atoms with Crippen LogP contribution in [0.3, 0.4) is 0 Å². The van der Waals surface area contributed by atoms with Crippen LogP contribution in [0.4, 0.5) is 10.5 Å². The van der Waals surface area contributed by atoms with Gasteiger partial charge in [0.1, 0.15) is 0 Å². The third-order valence-corrected chi connectivity index (χ3v) is 3.11. The van der Waals surface area contributed by atoms with E-state index >= 15 is 0 Å². The lowest BCUT2D eigenvalue weighted by atomic mass is 10.3. The lowest BCUT2D eigenvalue weighted by Crippen LogP contribution is -2.31. The Labute approximate surface area is 105 Å². The van der Waals surface area contributed by atoms with Crippen molar-refractivity contribution in [3.63, 3.8) is 0 Å². The molecule has 2 heterocycles. The van der Waals surface area contributed by atoms with E-state index < -0.39 is 0 Å². The minimum atomic E-state index is -0.143. The SMILES string of the molecule is CN(C(=O)n1cc2c(n1)CNC2)c1ccccc1. The molecule has 0 fully saturated rings. The number of carbonyl (C=O) groups excluding carboxylic acids is 1. The van der Waals surface area contributed by atoms with Crippen molar-refractivity contribution in [2.75, 3.05) is 11.9 Å². The fourth-order valence-electron chi connectivity index (χ4n) is 2.07. The van der Waals surface area contributed by atoms with Crippen LogP contribution in [0.2, 0.25) is 0 Å². The van der Waals surface area contributed by atoms with Crippen molar-refractivity contribution in [1.29, 1.82) is 0 Å². The molecule has 1 aliphatic heterocycles. The van der Waals surface area contributed by atoms with Crippen LogP contribution in [0.15, 0.2) is 36.5 Å². The minimum absolute atomic E-state index is 0.143. The number of carbonyl (C=O) groups is 1. The van der Waals surface area contributed by atoms with E-state index in [-0.39, 0.29) is 6.03 Å². The Morgan fingerprint density at radius 2 is 2.11 bits per heavy atom. The van der Waals surface area contributed by atoms with Gasteiger partial charge >= 0.3 is 6.03 Å². The van der Waals surface area contributed by atoms with Crippen molar-refractivity contribution in [3.05, 3.63) is 47.8 Å². The van der Waals surface area contributed by atoms with Gasteiger partial charge in [0.25, 0.3) is 0 Å². The van der Waals surface area contributed by atoms with Crippen LogP contribution in [0, 0.1) is 0 Å². The minimum Gasteiger partial charge on any atom is -0.307 e. The second-order valence-corrected chi connectivity index (χ2v) is 4.33. The zero-order valence-electron chi connectivity index (χ0n) is 10.1. The predicted molar refractivity (Wildman–Crippen MR) is 68.4 cm³/mol. The van der Waals surface area contributed by atoms with Crippen molar-refractivity contribution in [3.8, 4) is 0 Å². The zero-order valence-corrected chi connectivity index (χ0v) is 10.1. The van der Waals surface area contributed by atoms with Crippen LogP contribution in [0.25, 0.3) is 0 Å². The molecule has 0 saturated carbocycles. The van der Waals surface area contributed by atoms with Crippen LogP contribution >= 0.6 is 0 Å². The molecule has 5 nitrogen and oxygen atoms in total. The zero-order chi connectivity index (χ0) is 12.5. The first-order valence-corrected chi connectivity index (χ1v) is 5.87. The molecule has 5 heteroatoms. The molecule has 1 aromatic carbocycles. The van der Waals surface area contributed by atoms with Crippen LogP contribution in [-0.2, 0) is 13.1 Å². The molecule has 1 aliphatic rings. The monoisotopic (exact) mass is 242 g/mol. The number of para-hydroxylation sites is 1. The maximum absolute atomic E-state index is 12.3. The predicted octanol–water partition coefficient (Wildman–Crippen LogP) is 1.59. The first kappa shape index (κ1) is 11.0. The molecule has 1 amide bonds. The number of hydrogen-bond acceptors (Lipinski definition) is 3. The van der Waals surface area contributed by atoms with Gasteiger partial charge in [-0.25, -0.2) is 4.79 Å². The van der Waals surface area contributed by atoms with Crippen molar-refractivity contribution in [2.24, 2.45) is 0 Å². The second-order valence-electron chi connectivity index (χ2n) is 4.33. The third kappa shape index (κ3) is 1.78. The molecule has 0 unspecified atom stereocenters. The number of nitrogens with zero attached hydrogens (tertiary/aromatic N) is 3. The Morgan fingerprint density at radius 3 is 2.83 bits per heavy atom. The molecule has 3 rings (SSSR count). The highest BCUT2D eigenvalue weighted by Gasteiger charge is 2.19. The van der Waals surface area contributed by atoms with E-state index in [9.17, 15) is 4.79 Å². The Kier molecular flexibility index (Phi) is 2.60. The normalized spacial score (nSPS) is 13.4. The standard InChI is InChI=1S/C13H14N4O/c1-16(11-5-3-2-4-6-11)13(18)17-9-10-7-14-8-12(10)15-17/h2-6,9,14H,7-8H2,1H3. The van der Waals surface area contributed by atoms with Crippen LogP contribution < -0.4 is 10.2 Å². The largest absolute Gasteiger partial charge is 0.348 e. The first-order valence-electron chi connectivity index (χ1n) is 5.87. The summed E-state index contributed by atoms with van der Waals surface area (Å²) in [7, 11) is 1.75. The number of amides is 1. The maximum atomic E-state index is 12.3. The lowest BCUT2D eigenvalue weighted by molar-refractivity contribution is 0.246. The summed E-state index contributed by atoms with van der Waals surface area (Å²) in [6.07, 6.45) is 1.80. The third-order valence-electron chi connectivity index (χ3n) is 3.11. The van der Waals surface area contributed by atoms with Crippen molar-refractivity contribution < 1.29 is 4.79 Å². The highest BCUT2D eigenvalue weighted by molar-refractivity contribution is 5.92. The van der Waals surface area contributed by atoms with E-state index in [1.165, 1.54) is 4.68 Å². The molecule has 0 radical (unpaired) electrons. The fraction of sp³-hybridized carbons (Fsp3) is 0.231. The van der Waals surface area contributed by atoms with Crippen molar-refractivity contribution in [2.45, 2.75) is 13.1 Å². The quantitative estimate of drug-likeness (QED) is 0.826. The molecular formula is C13H14N4O. The number of fused-ring (bicyclic) bond motifs is 1. The smallest absolute Gasteiger partial charge is 0.307 e. The Bertz CT molecular complexity index is 554. The molecule has 0 spiro atoms. The van der Waals surface area contributed by atoms with E-state index in [4.69, 9.17) is 0 Å². The number of rotatable bonds is 1. The van der Waals surface area contributed by atoms with Crippen LogP contribution in [0.5, 0.6) is 0 Å². The second kappa shape index (κ2) is 4.27. The number of benzene rings is 1. The van der Waals surface area contributed by atoms with Gasteiger partial charge in [-0.05, 0) is 12.1 Å². The first-order chi connectivity index (χ1) is 8.75. The molecule has 1 aromatic heterocycles. The Balaban J connectivity index is 1.86. The maximum Gasteiger partial charge on any atom is 0.348 e. The highest BCUT2D eigenvalue weighted by Crippen LogP contribution is 2.16. The Morgan fingerprint density at radius 1 is 1.33 bits per heavy atom. The van der Waals surface area contributed by atoms with E-state index in [0.29, 0.717) is 0 Å². The number of anilines is 1. The number of hydrogen-bond donors (Lipinski definition) is 1. The summed E-state index contributed by atoms with van der Waals surface area (Å²) in [6.45, 7) is 1.53. The number of nitrogens with one attached hydrogen (secondary N) is 1. The summed E-state index contributed by atoms with van der Waals surface area (Å²) in [4.78, 5) is 13.8. The summed E-state index contributed by atoms with van der Waals surface area (Å²) in [6, 6.07) is 9.40. The topological polar surface area (TPSA) is 50.2 Å². The van der Waals surface area contributed by atoms with Gasteiger partial charge in [0.15, 0.2) is 0 Å². The Hall–Kier alpha value is -2.14. The molecule has 1 N–H and O–H groups in total. The molecule has 0 atom stereocenters. The molecular weight excluding hydrogens is 228 g/mol. The van der Waals surface area contributed by atoms with Gasteiger partial charge in [-0.2, -0.15) is 9.78 Å². The van der Waals surface area contributed by atoms with Gasteiger partial charge < -0.3 is 5.32 Å². The molecule has 0 bridgehead atoms. The van der Waals surface area contributed by atoms with Crippen molar-refractivity contribution in [1.82, 2.24) is 15.1 Å². The number of aromatic nitrogens is 2. The molecule has 92 valence electrons. The van der Waals surface area contributed by atoms with Gasteiger partial charge in [0, 0.05) is 37.6 Å². The van der Waals surface area contributed by atoms with E-state index in [0.717, 1.165) is 30.0 Å². The van der Waals surface area contributed by atoms with E-state index in [2.05, 4.69) is 10.4 Å². The molecule has 18 heavy (non-hydrogen) atoms. The van der Waals surface area contributed by atoms with E-state index in [1.54, 1.807) is 18.1 Å². The highest BCUT2D eigenvalue weighted by atomic mass is 16.2. The van der Waals surface area contributed by atoms with Crippen molar-refractivity contribution >= 4 is 11.7 Å². The van der Waals surface area contributed by atoms with Gasteiger partial charge in [0.2, 0.25) is 0 Å². The molecule has 0 aliphatic carbocycles. The average Bonchev–Trinajstić information content (AvgIpc) is 2.99. The summed E-state index contributed by atoms with van der Waals surface area (Å²) in [5.41, 5.74) is 2.92. The average molecular weight is 242 g/mol. The fourth-order valence-corrected chi connectivity index (χ4v) is 2.07. The summed E-state index contributed by atoms with van der Waals surface area (Å²) in [5.74, 6) is 0. The molecule has 0 saturated heterocycles. The van der Waals surface area contributed by atoms with Crippen LogP contribution in [-0.4, -0.2) is 22.9 Å². The summed E-state index contributed by atoms with van der Waals surface area (Å²) < 4.78 is 1.42. The lowest BCUT2D eigenvalue weighted by Gasteiger charge is -2.16. The summed E-state index contributed by atoms with van der Waals surface area (Å²) >= 11 is 0. The van der Waals surface area contributed by atoms with Crippen LogP contribution in [0.1, 0.15) is 11.3 Å².